The molecule has 1 saturated carbocycles. The van der Waals surface area contributed by atoms with E-state index in [1.165, 1.54) is 12.5 Å². The number of carbonyl (C=O) groups excluding carboxylic acids is 2. The van der Waals surface area contributed by atoms with Crippen molar-refractivity contribution in [3.63, 3.8) is 0 Å². The fourth-order valence-electron chi connectivity index (χ4n) is 4.13. The highest BCUT2D eigenvalue weighted by atomic mass is 16.4. The van der Waals surface area contributed by atoms with Crippen LogP contribution in [0.15, 0.2) is 24.7 Å². The monoisotopic (exact) mass is 301 g/mol. The lowest BCUT2D eigenvalue weighted by Crippen LogP contribution is -2.47. The topological polar surface area (TPSA) is 103 Å². The van der Waals surface area contributed by atoms with Gasteiger partial charge in [0.05, 0.1) is 18.2 Å². The highest BCUT2D eigenvalue weighted by Gasteiger charge is 2.61. The fourth-order valence-corrected chi connectivity index (χ4v) is 4.13. The summed E-state index contributed by atoms with van der Waals surface area (Å²) in [5.74, 6) is -2.41. The Hall–Kier alpha value is -2.44. The summed E-state index contributed by atoms with van der Waals surface area (Å²) in [7, 11) is 0. The van der Waals surface area contributed by atoms with Gasteiger partial charge in [-0.05, 0) is 18.3 Å². The Balaban J connectivity index is 1.65. The molecule has 1 saturated heterocycles. The Morgan fingerprint density at radius 3 is 2.45 bits per heavy atom. The lowest BCUT2D eigenvalue weighted by Gasteiger charge is -2.24. The molecule has 114 valence electrons. The van der Waals surface area contributed by atoms with Crippen LogP contribution in [0.4, 0.5) is 0 Å². The standard InChI is InChI=1S/C15H15N3O4/c19-13-11-7-1-2-8(3-7)12(11)14(20)18(13)10(15(21)22)4-9-5-16-6-17-9/h1-2,5-8,10-12H,3-4H2,(H,16,17)(H,21,22)/t7-,8+,10-,11+,12-/m0/s1. The van der Waals surface area contributed by atoms with Crippen molar-refractivity contribution in [1.29, 1.82) is 0 Å². The number of hydrogen-bond donors (Lipinski definition) is 2. The average molecular weight is 301 g/mol. The SMILES string of the molecule is O=C(O)[C@H](Cc1cnc[nH]1)N1C(=O)[C@@H]2[C@H](C1=O)[C@H]1C=C[C@@H]2C1. The molecule has 0 unspecified atom stereocenters. The number of nitrogens with zero attached hydrogens (tertiary/aromatic N) is 2. The summed E-state index contributed by atoms with van der Waals surface area (Å²) in [5, 5.41) is 9.48. The van der Waals surface area contributed by atoms with Gasteiger partial charge in [0, 0.05) is 18.3 Å². The van der Waals surface area contributed by atoms with Gasteiger partial charge in [-0.1, -0.05) is 12.2 Å². The second kappa shape index (κ2) is 4.53. The molecule has 7 heteroatoms. The highest BCUT2D eigenvalue weighted by molar-refractivity contribution is 6.08. The minimum absolute atomic E-state index is 0.0506. The molecule has 2 amide bonds. The number of aromatic nitrogens is 2. The second-order valence-electron chi connectivity index (χ2n) is 6.18. The molecule has 2 bridgehead atoms. The van der Waals surface area contributed by atoms with E-state index in [9.17, 15) is 19.5 Å². The number of aromatic amines is 1. The van der Waals surface area contributed by atoms with Crippen molar-refractivity contribution >= 4 is 17.8 Å². The predicted octanol–water partition coefficient (Wildman–Crippen LogP) is 0.212. The van der Waals surface area contributed by atoms with Crippen molar-refractivity contribution in [2.45, 2.75) is 18.9 Å². The first kappa shape index (κ1) is 13.2. The van der Waals surface area contributed by atoms with Crippen LogP contribution in [0.2, 0.25) is 0 Å². The number of imidazole rings is 1. The molecule has 7 nitrogen and oxygen atoms in total. The molecule has 0 spiro atoms. The smallest absolute Gasteiger partial charge is 0.327 e. The molecule has 0 aromatic carbocycles. The predicted molar refractivity (Wildman–Crippen MR) is 73.3 cm³/mol. The molecule has 1 aromatic heterocycles. The van der Waals surface area contributed by atoms with E-state index in [1.54, 1.807) is 0 Å². The number of carbonyl (C=O) groups is 3. The molecule has 2 fully saturated rings. The van der Waals surface area contributed by atoms with Gasteiger partial charge >= 0.3 is 5.97 Å². The quantitative estimate of drug-likeness (QED) is 0.611. The first-order chi connectivity index (χ1) is 10.6. The molecule has 3 aliphatic rings. The van der Waals surface area contributed by atoms with E-state index in [-0.39, 0.29) is 41.9 Å². The lowest BCUT2D eigenvalue weighted by atomic mass is 9.85. The minimum atomic E-state index is -1.18. The third kappa shape index (κ3) is 1.68. The number of imide groups is 1. The third-order valence-electron chi connectivity index (χ3n) is 5.07. The van der Waals surface area contributed by atoms with Gasteiger partial charge in [0.15, 0.2) is 0 Å². The fraction of sp³-hybridized carbons (Fsp3) is 0.467. The van der Waals surface area contributed by atoms with Crippen molar-refractivity contribution in [1.82, 2.24) is 14.9 Å². The molecule has 2 heterocycles. The largest absolute Gasteiger partial charge is 0.480 e. The summed E-state index contributed by atoms with van der Waals surface area (Å²) in [6, 6.07) is -1.18. The lowest BCUT2D eigenvalue weighted by molar-refractivity contribution is -0.155. The van der Waals surface area contributed by atoms with Crippen LogP contribution < -0.4 is 0 Å². The van der Waals surface area contributed by atoms with E-state index in [4.69, 9.17) is 0 Å². The van der Waals surface area contributed by atoms with Gasteiger partial charge in [0.2, 0.25) is 11.8 Å². The number of likely N-dealkylation sites (tertiary alicyclic amines) is 1. The Labute approximate surface area is 126 Å². The van der Waals surface area contributed by atoms with Crippen LogP contribution in [0.3, 0.4) is 0 Å². The van der Waals surface area contributed by atoms with Gasteiger partial charge in [-0.15, -0.1) is 0 Å². The molecule has 0 radical (unpaired) electrons. The number of carboxylic acid groups (broad SMARTS) is 1. The van der Waals surface area contributed by atoms with Crippen molar-refractivity contribution in [2.24, 2.45) is 23.7 Å². The molecule has 1 aromatic rings. The summed E-state index contributed by atoms with van der Waals surface area (Å²) < 4.78 is 0. The van der Waals surface area contributed by atoms with Gasteiger partial charge in [-0.25, -0.2) is 9.78 Å². The zero-order chi connectivity index (χ0) is 15.4. The average Bonchev–Trinajstić information content (AvgIpc) is 3.23. The molecule has 2 aliphatic carbocycles. The van der Waals surface area contributed by atoms with Gasteiger partial charge in [-0.2, -0.15) is 0 Å². The van der Waals surface area contributed by atoms with Crippen molar-refractivity contribution in [2.75, 3.05) is 0 Å². The number of nitrogens with one attached hydrogen (secondary N) is 1. The van der Waals surface area contributed by atoms with Gasteiger partial charge in [0.25, 0.3) is 0 Å². The first-order valence-corrected chi connectivity index (χ1v) is 7.33. The number of carboxylic acids is 1. The number of allylic oxidation sites excluding steroid dienone is 2. The van der Waals surface area contributed by atoms with Crippen molar-refractivity contribution in [3.8, 4) is 0 Å². The van der Waals surface area contributed by atoms with E-state index >= 15 is 0 Å². The molecule has 2 N–H and O–H groups in total. The number of amides is 2. The van der Waals surface area contributed by atoms with Gasteiger partial charge < -0.3 is 10.1 Å². The van der Waals surface area contributed by atoms with Crippen molar-refractivity contribution < 1.29 is 19.5 Å². The van der Waals surface area contributed by atoms with E-state index < -0.39 is 12.0 Å². The molecular weight excluding hydrogens is 286 g/mol. The van der Waals surface area contributed by atoms with E-state index in [2.05, 4.69) is 9.97 Å². The Kier molecular flexibility index (Phi) is 2.72. The van der Waals surface area contributed by atoms with Gasteiger partial charge in [0.1, 0.15) is 6.04 Å². The number of H-pyrrole nitrogens is 1. The Bertz CT molecular complexity index is 651. The minimum Gasteiger partial charge on any atom is -0.480 e. The third-order valence-corrected chi connectivity index (χ3v) is 5.07. The van der Waals surface area contributed by atoms with Crippen LogP contribution in [-0.4, -0.2) is 43.8 Å². The number of hydrogen-bond acceptors (Lipinski definition) is 4. The first-order valence-electron chi connectivity index (χ1n) is 7.33. The number of fused-ring (bicyclic) bond motifs is 5. The zero-order valence-electron chi connectivity index (χ0n) is 11.7. The van der Waals surface area contributed by atoms with E-state index in [0.29, 0.717) is 5.69 Å². The normalized spacial score (nSPS) is 33.5. The van der Waals surface area contributed by atoms with Crippen LogP contribution in [0.5, 0.6) is 0 Å². The summed E-state index contributed by atoms with van der Waals surface area (Å²) in [4.78, 5) is 44.5. The maximum Gasteiger partial charge on any atom is 0.327 e. The van der Waals surface area contributed by atoms with Crippen LogP contribution in [0.1, 0.15) is 12.1 Å². The molecule has 1 aliphatic heterocycles. The molecule has 4 rings (SSSR count). The second-order valence-corrected chi connectivity index (χ2v) is 6.18. The van der Waals surface area contributed by atoms with Crippen LogP contribution in [0, 0.1) is 23.7 Å². The van der Waals surface area contributed by atoms with E-state index in [0.717, 1.165) is 11.3 Å². The summed E-state index contributed by atoms with van der Waals surface area (Å²) in [6.45, 7) is 0. The van der Waals surface area contributed by atoms with Crippen LogP contribution >= 0.6 is 0 Å². The Morgan fingerprint density at radius 2 is 1.95 bits per heavy atom. The summed E-state index contributed by atoms with van der Waals surface area (Å²) >= 11 is 0. The summed E-state index contributed by atoms with van der Waals surface area (Å²) in [5.41, 5.74) is 0.589. The molecular formula is C15H15N3O4. The zero-order valence-corrected chi connectivity index (χ0v) is 11.7. The summed E-state index contributed by atoms with van der Waals surface area (Å²) in [6.07, 6.45) is 7.82. The highest BCUT2D eigenvalue weighted by Crippen LogP contribution is 2.52. The van der Waals surface area contributed by atoms with Gasteiger partial charge in [-0.3, -0.25) is 14.5 Å². The number of aliphatic carboxylic acids is 1. The number of rotatable bonds is 4. The maximum absolute atomic E-state index is 12.6. The maximum atomic E-state index is 12.6. The van der Waals surface area contributed by atoms with Crippen LogP contribution in [-0.2, 0) is 20.8 Å². The van der Waals surface area contributed by atoms with Crippen molar-refractivity contribution in [3.05, 3.63) is 30.4 Å². The molecule has 5 atom stereocenters. The van der Waals surface area contributed by atoms with Crippen LogP contribution in [0.25, 0.3) is 0 Å². The Morgan fingerprint density at radius 1 is 1.32 bits per heavy atom. The van der Waals surface area contributed by atoms with E-state index in [1.807, 2.05) is 12.2 Å². The molecule has 22 heavy (non-hydrogen) atoms.